The van der Waals surface area contributed by atoms with Crippen molar-refractivity contribution in [3.8, 4) is 22.3 Å². The van der Waals surface area contributed by atoms with Gasteiger partial charge < -0.3 is 0 Å². The van der Waals surface area contributed by atoms with Gasteiger partial charge >= 0.3 is 37.9 Å². The molecule has 5 aromatic rings. The van der Waals surface area contributed by atoms with Gasteiger partial charge in [0, 0.05) is 0 Å². The standard InChI is InChI=1S/C23H27.C12H7Si.2ClH.Zr/c1-15(2)18-13-17-11-12-21(23(4,5)6)22(20(17)14-18)19-10-8-7-9-16(19)3;1-3-7-11-9(5-1)10-6-2-4-8-12(10)13-11;;;/h7-15H,1-6H3;1-7H;2*1H;/q2*-1;;;+4/p-2. The first kappa shape index (κ1) is 30.1. The molecule has 1 heterocycles. The Hall–Kier alpha value is -1.83. The number of fused-ring (bicyclic) bond motifs is 4. The number of hydrogen-bond donors (Lipinski definition) is 0. The van der Waals surface area contributed by atoms with Crippen LogP contribution in [-0.4, -0.2) is 9.52 Å². The monoisotopic (exact) mass is 642 g/mol. The largest absolute Gasteiger partial charge is 0.184 e. The van der Waals surface area contributed by atoms with Gasteiger partial charge in [-0.15, -0.1) is 40.1 Å². The Bertz CT molecular complexity index is 1520. The second-order valence-corrected chi connectivity index (χ2v) is 16.2. The van der Waals surface area contributed by atoms with Crippen molar-refractivity contribution in [3.63, 3.8) is 0 Å². The van der Waals surface area contributed by atoms with Crippen LogP contribution in [0.4, 0.5) is 0 Å². The molecule has 0 spiro atoms. The maximum absolute atomic E-state index is 4.93. The predicted octanol–water partition coefficient (Wildman–Crippen LogP) is 9.45. The molecular formula is C35H34Cl2SiZr. The molecule has 0 bridgehead atoms. The van der Waals surface area contributed by atoms with Crippen molar-refractivity contribution in [1.29, 1.82) is 0 Å². The van der Waals surface area contributed by atoms with Crippen LogP contribution in [0.1, 0.15) is 57.2 Å². The molecule has 1 aliphatic heterocycles. The zero-order valence-electron chi connectivity index (χ0n) is 23.5. The summed E-state index contributed by atoms with van der Waals surface area (Å²) in [7, 11) is 10.7. The molecule has 196 valence electrons. The van der Waals surface area contributed by atoms with Gasteiger partial charge in [0.2, 0.25) is 0 Å². The van der Waals surface area contributed by atoms with Crippen LogP contribution in [0.5, 0.6) is 0 Å². The molecule has 39 heavy (non-hydrogen) atoms. The Morgan fingerprint density at radius 3 is 2.15 bits per heavy atom. The van der Waals surface area contributed by atoms with E-state index in [0.29, 0.717) is 5.92 Å². The third kappa shape index (κ3) is 6.91. The molecule has 0 N–H and O–H groups in total. The van der Waals surface area contributed by atoms with E-state index in [1.165, 1.54) is 60.1 Å². The van der Waals surface area contributed by atoms with Gasteiger partial charge in [0.1, 0.15) is 0 Å². The summed E-state index contributed by atoms with van der Waals surface area (Å²) in [6.07, 6.45) is 0. The summed E-state index contributed by atoms with van der Waals surface area (Å²) in [5.41, 5.74) is 9.88. The molecule has 0 unspecified atom stereocenters. The number of benzene rings is 4. The number of hydrogen-bond acceptors (Lipinski definition) is 0. The number of halogens is 2. The average Bonchev–Trinajstić information content (AvgIpc) is 3.51. The second-order valence-electron chi connectivity index (χ2n) is 11.2. The Balaban J connectivity index is 0.000000184. The fraction of sp³-hybridized carbons (Fsp3) is 0.229. The summed E-state index contributed by atoms with van der Waals surface area (Å²) < 4.78 is 0. The molecule has 0 amide bonds. The molecule has 0 fully saturated rings. The van der Waals surface area contributed by atoms with Gasteiger partial charge in [-0.2, -0.15) is 35.5 Å². The van der Waals surface area contributed by atoms with Crippen molar-refractivity contribution in [2.75, 3.05) is 0 Å². The molecule has 0 nitrogen and oxygen atoms in total. The van der Waals surface area contributed by atoms with E-state index in [-0.39, 0.29) is 5.41 Å². The summed E-state index contributed by atoms with van der Waals surface area (Å²) in [6, 6.07) is 36.3. The summed E-state index contributed by atoms with van der Waals surface area (Å²) in [5.74, 6) is 0.560. The third-order valence-corrected chi connectivity index (χ3v) is 8.50. The van der Waals surface area contributed by atoms with Crippen molar-refractivity contribution in [3.05, 3.63) is 114 Å². The van der Waals surface area contributed by atoms with E-state index >= 15 is 0 Å². The van der Waals surface area contributed by atoms with Gasteiger partial charge in [-0.3, -0.25) is 0 Å². The fourth-order valence-electron chi connectivity index (χ4n) is 5.13. The minimum absolute atomic E-state index is 0.126. The van der Waals surface area contributed by atoms with Crippen molar-refractivity contribution < 1.29 is 20.8 Å². The van der Waals surface area contributed by atoms with Gasteiger partial charge in [-0.05, 0) is 29.4 Å². The van der Waals surface area contributed by atoms with Crippen LogP contribution in [0, 0.1) is 13.0 Å². The van der Waals surface area contributed by atoms with Crippen LogP contribution in [0.3, 0.4) is 0 Å². The van der Waals surface area contributed by atoms with Gasteiger partial charge in [0.15, 0.2) is 0 Å². The normalized spacial score (nSPS) is 11.6. The summed E-state index contributed by atoms with van der Waals surface area (Å²) >= 11 is -0.826. The Kier molecular flexibility index (Phi) is 10.2. The molecule has 4 heteroatoms. The van der Waals surface area contributed by atoms with Crippen LogP contribution in [0.15, 0.2) is 91.0 Å². The molecule has 0 saturated carbocycles. The van der Waals surface area contributed by atoms with Crippen LogP contribution in [-0.2, 0) is 26.3 Å². The first-order valence-electron chi connectivity index (χ1n) is 13.3. The minimum Gasteiger partial charge on any atom is -0.184 e. The molecule has 0 aromatic heterocycles. The van der Waals surface area contributed by atoms with Crippen LogP contribution >= 0.6 is 17.0 Å². The first-order valence-corrected chi connectivity index (χ1v) is 20.6. The number of rotatable bonds is 2. The molecule has 6 rings (SSSR count). The summed E-state index contributed by atoms with van der Waals surface area (Å²) in [4.78, 5) is 0. The average molecular weight is 645 g/mol. The number of aryl methyl sites for hydroxylation is 1. The van der Waals surface area contributed by atoms with Crippen molar-refractivity contribution in [1.82, 2.24) is 0 Å². The maximum Gasteiger partial charge on any atom is 0.0920 e. The Labute approximate surface area is 255 Å². The van der Waals surface area contributed by atoms with E-state index in [4.69, 9.17) is 17.0 Å². The second kappa shape index (κ2) is 13.2. The molecule has 5 aromatic carbocycles. The van der Waals surface area contributed by atoms with Gasteiger partial charge in [-0.1, -0.05) is 105 Å². The molecule has 0 atom stereocenters. The third-order valence-electron chi connectivity index (χ3n) is 7.13. The van der Waals surface area contributed by atoms with Gasteiger partial charge in [-0.25, -0.2) is 0 Å². The van der Waals surface area contributed by atoms with Gasteiger partial charge in [0.25, 0.3) is 0 Å². The van der Waals surface area contributed by atoms with Crippen molar-refractivity contribution >= 4 is 47.7 Å². The molecule has 1 aliphatic rings. The van der Waals surface area contributed by atoms with Crippen molar-refractivity contribution in [2.24, 2.45) is 0 Å². The minimum atomic E-state index is -0.826. The predicted molar refractivity (Wildman–Crippen MR) is 170 cm³/mol. The van der Waals surface area contributed by atoms with Gasteiger partial charge in [0.05, 0.1) is 9.52 Å². The first-order chi connectivity index (χ1) is 18.7. The smallest absolute Gasteiger partial charge is 0.0920 e. The maximum atomic E-state index is 4.93. The summed E-state index contributed by atoms with van der Waals surface area (Å²) in [5, 5.41) is 5.58. The van der Waals surface area contributed by atoms with E-state index in [1.54, 1.807) is 0 Å². The quantitative estimate of drug-likeness (QED) is 0.130. The Morgan fingerprint density at radius 2 is 1.49 bits per heavy atom. The zero-order valence-corrected chi connectivity index (χ0v) is 28.5. The van der Waals surface area contributed by atoms with E-state index < -0.39 is 20.8 Å². The zero-order chi connectivity index (χ0) is 28.2. The fourth-order valence-corrected chi connectivity index (χ4v) is 6.44. The molecular weight excluding hydrogens is 611 g/mol. The van der Waals surface area contributed by atoms with E-state index in [9.17, 15) is 0 Å². The van der Waals surface area contributed by atoms with Crippen LogP contribution in [0.25, 0.3) is 33.0 Å². The van der Waals surface area contributed by atoms with Crippen LogP contribution in [0.2, 0.25) is 0 Å². The Morgan fingerprint density at radius 1 is 0.846 bits per heavy atom. The SMILES string of the molecule is Cc1ccccc1-c1c(C(C)(C)C)ccc2[cH-]c(C(C)C)cc12.[Cl][Zr+2][Cl].[c-]1cccc2c1[Si]c1ccccc1-2. The summed E-state index contributed by atoms with van der Waals surface area (Å²) in [6.45, 7) is 13.7. The van der Waals surface area contributed by atoms with E-state index in [0.717, 1.165) is 9.52 Å². The van der Waals surface area contributed by atoms with Crippen LogP contribution < -0.4 is 10.4 Å². The molecule has 0 aliphatic carbocycles. The van der Waals surface area contributed by atoms with Crippen molar-refractivity contribution in [2.45, 2.75) is 52.9 Å². The van der Waals surface area contributed by atoms with E-state index in [2.05, 4.69) is 133 Å². The molecule has 2 radical (unpaired) electrons. The molecule has 0 saturated heterocycles. The van der Waals surface area contributed by atoms with E-state index in [1.807, 2.05) is 6.07 Å². The topological polar surface area (TPSA) is 0 Å².